The molecule has 84 valence electrons. The fraction of sp³-hybridized carbons (Fsp3) is 0.167. The van der Waals surface area contributed by atoms with Gasteiger partial charge in [-0.15, -0.1) is 11.3 Å². The summed E-state index contributed by atoms with van der Waals surface area (Å²) in [7, 11) is 1.69. The second-order valence-corrected chi connectivity index (χ2v) is 4.35. The second-order valence-electron chi connectivity index (χ2n) is 3.37. The van der Waals surface area contributed by atoms with Gasteiger partial charge in [-0.3, -0.25) is 0 Å². The minimum absolute atomic E-state index is 0.0763. The first-order valence-electron chi connectivity index (χ1n) is 4.88. The van der Waals surface area contributed by atoms with E-state index in [1.54, 1.807) is 7.05 Å². The van der Waals surface area contributed by atoms with E-state index in [1.807, 2.05) is 17.5 Å². The maximum atomic E-state index is 13.6. The zero-order valence-electron chi connectivity index (χ0n) is 8.71. The topological polar surface area (TPSA) is 12.0 Å². The Labute approximate surface area is 96.7 Å². The van der Waals surface area contributed by atoms with Gasteiger partial charge >= 0.3 is 0 Å². The fourth-order valence-electron chi connectivity index (χ4n) is 1.67. The van der Waals surface area contributed by atoms with Crippen LogP contribution < -0.4 is 5.32 Å². The molecule has 1 atom stereocenters. The van der Waals surface area contributed by atoms with Crippen molar-refractivity contribution in [2.45, 2.75) is 6.04 Å². The quantitative estimate of drug-likeness (QED) is 0.866. The minimum atomic E-state index is -0.521. The summed E-state index contributed by atoms with van der Waals surface area (Å²) in [6, 6.07) is 7.21. The monoisotopic (exact) mass is 239 g/mol. The number of hydrogen-bond acceptors (Lipinski definition) is 2. The first kappa shape index (κ1) is 11.2. The Hall–Kier alpha value is -1.26. The zero-order chi connectivity index (χ0) is 11.5. The third-order valence-corrected chi connectivity index (χ3v) is 3.34. The highest BCUT2D eigenvalue weighted by atomic mass is 32.1. The van der Waals surface area contributed by atoms with E-state index in [9.17, 15) is 8.78 Å². The van der Waals surface area contributed by atoms with Crippen molar-refractivity contribution in [3.05, 3.63) is 57.8 Å². The summed E-state index contributed by atoms with van der Waals surface area (Å²) in [5.74, 6) is -1.04. The number of thiophene rings is 1. The number of benzene rings is 1. The van der Waals surface area contributed by atoms with Crippen molar-refractivity contribution in [1.82, 2.24) is 5.32 Å². The summed E-state index contributed by atoms with van der Waals surface area (Å²) >= 11 is 1.47. The summed E-state index contributed by atoms with van der Waals surface area (Å²) in [4.78, 5) is 0.895. The summed E-state index contributed by atoms with van der Waals surface area (Å²) in [5.41, 5.74) is 0.0763. The lowest BCUT2D eigenvalue weighted by Gasteiger charge is -2.16. The molecule has 4 heteroatoms. The number of nitrogens with one attached hydrogen (secondary N) is 1. The Morgan fingerprint density at radius 2 is 1.81 bits per heavy atom. The van der Waals surface area contributed by atoms with Gasteiger partial charge in [0.1, 0.15) is 11.6 Å². The molecule has 0 radical (unpaired) electrons. The molecule has 2 aromatic rings. The second kappa shape index (κ2) is 4.72. The Kier molecular flexibility index (Phi) is 3.31. The van der Waals surface area contributed by atoms with Gasteiger partial charge in [-0.25, -0.2) is 8.78 Å². The van der Waals surface area contributed by atoms with Crippen LogP contribution in [0.15, 0.2) is 35.7 Å². The molecule has 0 aliphatic heterocycles. The first-order valence-corrected chi connectivity index (χ1v) is 5.76. The molecule has 1 N–H and O–H groups in total. The van der Waals surface area contributed by atoms with E-state index in [2.05, 4.69) is 5.32 Å². The van der Waals surface area contributed by atoms with Crippen LogP contribution in [0.1, 0.15) is 16.5 Å². The molecule has 0 spiro atoms. The lowest BCUT2D eigenvalue weighted by Crippen LogP contribution is -2.19. The van der Waals surface area contributed by atoms with Gasteiger partial charge in [0.2, 0.25) is 0 Å². The molecular formula is C12H11F2NS. The highest BCUT2D eigenvalue weighted by Crippen LogP contribution is 2.29. The highest BCUT2D eigenvalue weighted by Gasteiger charge is 2.20. The van der Waals surface area contributed by atoms with Crippen LogP contribution in [0.3, 0.4) is 0 Å². The van der Waals surface area contributed by atoms with E-state index >= 15 is 0 Å². The molecule has 0 bridgehead atoms. The van der Waals surface area contributed by atoms with Crippen molar-refractivity contribution >= 4 is 11.3 Å². The van der Waals surface area contributed by atoms with Crippen molar-refractivity contribution in [2.75, 3.05) is 7.05 Å². The predicted molar refractivity (Wildman–Crippen MR) is 61.6 cm³/mol. The van der Waals surface area contributed by atoms with Crippen LogP contribution in [0.25, 0.3) is 0 Å². The van der Waals surface area contributed by atoms with Crippen molar-refractivity contribution in [2.24, 2.45) is 0 Å². The molecule has 16 heavy (non-hydrogen) atoms. The standard InChI is InChI=1S/C12H11F2NS/c1-15-12(10-6-3-7-16-10)11-8(13)4-2-5-9(11)14/h2-7,12,15H,1H3. The molecule has 1 aromatic carbocycles. The Balaban J connectivity index is 2.49. The van der Waals surface area contributed by atoms with Crippen LogP contribution in [0, 0.1) is 11.6 Å². The molecule has 1 nitrogen and oxygen atoms in total. The van der Waals surface area contributed by atoms with Crippen molar-refractivity contribution < 1.29 is 8.78 Å². The average Bonchev–Trinajstić information content (AvgIpc) is 2.77. The molecule has 2 rings (SSSR count). The molecule has 0 saturated heterocycles. The highest BCUT2D eigenvalue weighted by molar-refractivity contribution is 7.10. The van der Waals surface area contributed by atoms with Crippen LogP contribution in [0.5, 0.6) is 0 Å². The van der Waals surface area contributed by atoms with E-state index in [0.717, 1.165) is 4.88 Å². The van der Waals surface area contributed by atoms with Gasteiger partial charge in [-0.2, -0.15) is 0 Å². The number of hydrogen-bond donors (Lipinski definition) is 1. The Morgan fingerprint density at radius 1 is 1.12 bits per heavy atom. The van der Waals surface area contributed by atoms with E-state index in [0.29, 0.717) is 0 Å². The maximum absolute atomic E-state index is 13.6. The van der Waals surface area contributed by atoms with Gasteiger partial charge in [0.25, 0.3) is 0 Å². The van der Waals surface area contributed by atoms with Gasteiger partial charge < -0.3 is 5.32 Å². The number of rotatable bonds is 3. The number of halogens is 2. The smallest absolute Gasteiger partial charge is 0.131 e. The molecule has 0 aliphatic carbocycles. The van der Waals surface area contributed by atoms with Crippen LogP contribution in [0.4, 0.5) is 8.78 Å². The fourth-order valence-corrected chi connectivity index (χ4v) is 2.51. The summed E-state index contributed by atoms with van der Waals surface area (Å²) < 4.78 is 27.2. The lowest BCUT2D eigenvalue weighted by molar-refractivity contribution is 0.524. The molecule has 0 fully saturated rings. The average molecular weight is 239 g/mol. The summed E-state index contributed by atoms with van der Waals surface area (Å²) in [6.07, 6.45) is 0. The van der Waals surface area contributed by atoms with Gasteiger partial charge in [0.05, 0.1) is 6.04 Å². The van der Waals surface area contributed by atoms with Crippen molar-refractivity contribution in [1.29, 1.82) is 0 Å². The minimum Gasteiger partial charge on any atom is -0.308 e. The van der Waals surface area contributed by atoms with Crippen LogP contribution >= 0.6 is 11.3 Å². The van der Waals surface area contributed by atoms with Gasteiger partial charge in [0.15, 0.2) is 0 Å². The third kappa shape index (κ3) is 1.99. The molecule has 0 amide bonds. The van der Waals surface area contributed by atoms with Gasteiger partial charge in [0, 0.05) is 10.4 Å². The van der Waals surface area contributed by atoms with Crippen molar-refractivity contribution in [3.8, 4) is 0 Å². The molecule has 0 aliphatic rings. The van der Waals surface area contributed by atoms with Crippen molar-refractivity contribution in [3.63, 3.8) is 0 Å². The lowest BCUT2D eigenvalue weighted by atomic mass is 10.0. The van der Waals surface area contributed by atoms with E-state index in [4.69, 9.17) is 0 Å². The summed E-state index contributed by atoms with van der Waals surface area (Å²) in [6.45, 7) is 0. The normalized spacial score (nSPS) is 12.7. The maximum Gasteiger partial charge on any atom is 0.131 e. The Bertz CT molecular complexity index is 448. The molecular weight excluding hydrogens is 228 g/mol. The van der Waals surface area contributed by atoms with Crippen LogP contribution in [0.2, 0.25) is 0 Å². The van der Waals surface area contributed by atoms with Gasteiger partial charge in [-0.1, -0.05) is 12.1 Å². The van der Waals surface area contributed by atoms with Gasteiger partial charge in [-0.05, 0) is 30.6 Å². The van der Waals surface area contributed by atoms with Crippen LogP contribution in [-0.2, 0) is 0 Å². The Morgan fingerprint density at radius 3 is 2.31 bits per heavy atom. The third-order valence-electron chi connectivity index (χ3n) is 2.40. The van der Waals surface area contributed by atoms with E-state index in [1.165, 1.54) is 29.5 Å². The van der Waals surface area contributed by atoms with E-state index in [-0.39, 0.29) is 5.56 Å². The molecule has 0 saturated carbocycles. The largest absolute Gasteiger partial charge is 0.308 e. The van der Waals surface area contributed by atoms with E-state index < -0.39 is 17.7 Å². The van der Waals surface area contributed by atoms with Crippen LogP contribution in [-0.4, -0.2) is 7.05 Å². The zero-order valence-corrected chi connectivity index (χ0v) is 9.52. The summed E-state index contributed by atoms with van der Waals surface area (Å²) in [5, 5.41) is 4.82. The molecule has 1 aromatic heterocycles. The SMILES string of the molecule is CNC(c1cccs1)c1c(F)cccc1F. The first-order chi connectivity index (χ1) is 7.74. The molecule has 1 heterocycles. The molecule has 1 unspecified atom stereocenters. The predicted octanol–water partition coefficient (Wildman–Crippen LogP) is 3.34.